The Labute approximate surface area is 187 Å². The third-order valence-corrected chi connectivity index (χ3v) is 6.48. The normalized spacial score (nSPS) is 11.2. The van der Waals surface area contributed by atoms with E-state index >= 15 is 0 Å². The van der Waals surface area contributed by atoms with Gasteiger partial charge in [0.1, 0.15) is 0 Å². The van der Waals surface area contributed by atoms with Crippen LogP contribution in [0.2, 0.25) is 10.0 Å². The minimum atomic E-state index is -3.81. The van der Waals surface area contributed by atoms with E-state index in [-0.39, 0.29) is 4.90 Å². The van der Waals surface area contributed by atoms with E-state index in [0.717, 1.165) is 10.0 Å². The SMILES string of the molecule is Cc1ccc(Cl)cc1NS(=O)(=O)c1ccc(NC(=O)c2cc(Br)ccc2Cl)cc1. The van der Waals surface area contributed by atoms with Gasteiger partial charge in [-0.3, -0.25) is 9.52 Å². The van der Waals surface area contributed by atoms with Crippen molar-refractivity contribution in [2.75, 3.05) is 10.0 Å². The van der Waals surface area contributed by atoms with Crippen LogP contribution in [0.4, 0.5) is 11.4 Å². The predicted octanol–water partition coefficient (Wildman–Crippen LogP) is 6.12. The average Bonchev–Trinajstić information content (AvgIpc) is 2.67. The van der Waals surface area contributed by atoms with E-state index in [1.807, 2.05) is 0 Å². The molecule has 0 bridgehead atoms. The van der Waals surface area contributed by atoms with Crippen LogP contribution in [-0.4, -0.2) is 14.3 Å². The highest BCUT2D eigenvalue weighted by atomic mass is 79.9. The number of carbonyl (C=O) groups excluding carboxylic acids is 1. The van der Waals surface area contributed by atoms with Gasteiger partial charge in [0.2, 0.25) is 0 Å². The number of carbonyl (C=O) groups is 1. The smallest absolute Gasteiger partial charge is 0.261 e. The maximum Gasteiger partial charge on any atom is 0.261 e. The fourth-order valence-electron chi connectivity index (χ4n) is 2.50. The Balaban J connectivity index is 1.78. The van der Waals surface area contributed by atoms with Crippen LogP contribution in [0.25, 0.3) is 0 Å². The maximum atomic E-state index is 12.6. The summed E-state index contributed by atoms with van der Waals surface area (Å²) in [5.74, 6) is -0.403. The first-order valence-electron chi connectivity index (χ1n) is 8.31. The second-order valence-electron chi connectivity index (χ2n) is 6.17. The summed E-state index contributed by atoms with van der Waals surface area (Å²) >= 11 is 15.3. The van der Waals surface area contributed by atoms with E-state index in [4.69, 9.17) is 23.2 Å². The number of aryl methyl sites for hydroxylation is 1. The maximum absolute atomic E-state index is 12.6. The molecule has 2 N–H and O–H groups in total. The van der Waals surface area contributed by atoms with Crippen LogP contribution in [-0.2, 0) is 10.0 Å². The summed E-state index contributed by atoms with van der Waals surface area (Å²) in [6.07, 6.45) is 0. The molecule has 0 spiro atoms. The van der Waals surface area contributed by atoms with Crippen molar-refractivity contribution in [2.24, 2.45) is 0 Å². The second kappa shape index (κ2) is 8.75. The van der Waals surface area contributed by atoms with Gasteiger partial charge >= 0.3 is 0 Å². The van der Waals surface area contributed by atoms with Crippen molar-refractivity contribution in [1.82, 2.24) is 0 Å². The molecule has 0 heterocycles. The van der Waals surface area contributed by atoms with Crippen LogP contribution in [0.5, 0.6) is 0 Å². The molecular weight excluding hydrogens is 499 g/mol. The zero-order valence-electron chi connectivity index (χ0n) is 15.0. The van der Waals surface area contributed by atoms with Crippen molar-refractivity contribution in [3.8, 4) is 0 Å². The van der Waals surface area contributed by atoms with Crippen LogP contribution < -0.4 is 10.0 Å². The molecule has 150 valence electrons. The summed E-state index contributed by atoms with van der Waals surface area (Å²) < 4.78 is 28.5. The molecule has 3 rings (SSSR count). The molecule has 9 heteroatoms. The van der Waals surface area contributed by atoms with Crippen LogP contribution in [0.3, 0.4) is 0 Å². The largest absolute Gasteiger partial charge is 0.322 e. The molecule has 3 aromatic rings. The lowest BCUT2D eigenvalue weighted by atomic mass is 10.2. The van der Waals surface area contributed by atoms with Crippen molar-refractivity contribution in [3.63, 3.8) is 0 Å². The standard InChI is InChI=1S/C20H15BrCl2N2O3S/c1-12-2-4-14(22)11-19(12)25-29(27,28)16-7-5-15(6-8-16)24-20(26)17-10-13(21)3-9-18(17)23/h2-11,25H,1H3,(H,24,26). The molecule has 0 aromatic heterocycles. The fraction of sp³-hybridized carbons (Fsp3) is 0.0500. The minimum absolute atomic E-state index is 0.0513. The molecule has 0 unspecified atom stereocenters. The molecule has 0 fully saturated rings. The van der Waals surface area contributed by atoms with Gasteiger partial charge in [-0.05, 0) is 67.1 Å². The Morgan fingerprint density at radius 2 is 1.66 bits per heavy atom. The summed E-state index contributed by atoms with van der Waals surface area (Å²) in [6, 6.07) is 15.7. The van der Waals surface area contributed by atoms with Gasteiger partial charge in [0.05, 0.1) is 21.2 Å². The van der Waals surface area contributed by atoms with Gasteiger partial charge in [0.15, 0.2) is 0 Å². The van der Waals surface area contributed by atoms with Gasteiger partial charge < -0.3 is 5.32 Å². The average molecular weight is 514 g/mol. The van der Waals surface area contributed by atoms with E-state index in [2.05, 4.69) is 26.0 Å². The molecule has 0 saturated heterocycles. The molecule has 0 aliphatic heterocycles. The Bertz CT molecular complexity index is 1180. The first-order chi connectivity index (χ1) is 13.7. The first kappa shape index (κ1) is 21.6. The van der Waals surface area contributed by atoms with Gasteiger partial charge in [0.25, 0.3) is 15.9 Å². The minimum Gasteiger partial charge on any atom is -0.322 e. The van der Waals surface area contributed by atoms with Crippen molar-refractivity contribution in [2.45, 2.75) is 11.8 Å². The van der Waals surface area contributed by atoms with E-state index in [1.165, 1.54) is 24.3 Å². The van der Waals surface area contributed by atoms with Crippen LogP contribution in [0.15, 0.2) is 70.0 Å². The number of hydrogen-bond acceptors (Lipinski definition) is 3. The molecule has 29 heavy (non-hydrogen) atoms. The lowest BCUT2D eigenvalue weighted by molar-refractivity contribution is 0.102. The van der Waals surface area contributed by atoms with Crippen molar-refractivity contribution in [3.05, 3.63) is 86.3 Å². The molecular formula is C20H15BrCl2N2O3S. The monoisotopic (exact) mass is 512 g/mol. The number of rotatable bonds is 5. The van der Waals surface area contributed by atoms with Gasteiger partial charge in [-0.2, -0.15) is 0 Å². The Morgan fingerprint density at radius 3 is 2.34 bits per heavy atom. The van der Waals surface area contributed by atoms with Crippen LogP contribution in [0, 0.1) is 6.92 Å². The molecule has 0 saturated carbocycles. The quantitative estimate of drug-likeness (QED) is 0.431. The molecule has 0 aliphatic carbocycles. The second-order valence-corrected chi connectivity index (χ2v) is 9.61. The zero-order valence-corrected chi connectivity index (χ0v) is 19.0. The molecule has 1 amide bonds. The molecule has 3 aromatic carbocycles. The molecule has 0 aliphatic rings. The Morgan fingerprint density at radius 1 is 0.966 bits per heavy atom. The highest BCUT2D eigenvalue weighted by Gasteiger charge is 2.16. The van der Waals surface area contributed by atoms with E-state index < -0.39 is 15.9 Å². The van der Waals surface area contributed by atoms with E-state index in [9.17, 15) is 13.2 Å². The van der Waals surface area contributed by atoms with Crippen LogP contribution in [0.1, 0.15) is 15.9 Å². The van der Waals surface area contributed by atoms with Gasteiger partial charge in [-0.25, -0.2) is 8.42 Å². The van der Waals surface area contributed by atoms with Crippen molar-refractivity contribution >= 4 is 66.4 Å². The summed E-state index contributed by atoms with van der Waals surface area (Å²) in [4.78, 5) is 12.5. The molecule has 0 atom stereocenters. The van der Waals surface area contributed by atoms with Crippen molar-refractivity contribution < 1.29 is 13.2 Å². The summed E-state index contributed by atoms with van der Waals surface area (Å²) in [6.45, 7) is 1.78. The number of benzene rings is 3. The third-order valence-electron chi connectivity index (χ3n) is 4.04. The van der Waals surface area contributed by atoms with Gasteiger partial charge in [0, 0.05) is 15.2 Å². The molecule has 0 radical (unpaired) electrons. The summed E-state index contributed by atoms with van der Waals surface area (Å²) in [5, 5.41) is 3.43. The zero-order chi connectivity index (χ0) is 21.2. The van der Waals surface area contributed by atoms with Gasteiger partial charge in [-0.1, -0.05) is 45.2 Å². The number of nitrogens with one attached hydrogen (secondary N) is 2. The number of halogens is 3. The topological polar surface area (TPSA) is 75.3 Å². The number of amides is 1. The lowest BCUT2D eigenvalue weighted by Gasteiger charge is -2.12. The van der Waals surface area contributed by atoms with Gasteiger partial charge in [-0.15, -0.1) is 0 Å². The predicted molar refractivity (Wildman–Crippen MR) is 121 cm³/mol. The Hall–Kier alpha value is -2.06. The van der Waals surface area contributed by atoms with E-state index in [0.29, 0.717) is 27.0 Å². The molecule has 5 nitrogen and oxygen atoms in total. The highest BCUT2D eigenvalue weighted by molar-refractivity contribution is 9.10. The number of hydrogen-bond donors (Lipinski definition) is 2. The first-order valence-corrected chi connectivity index (χ1v) is 11.3. The number of anilines is 2. The highest BCUT2D eigenvalue weighted by Crippen LogP contribution is 2.25. The third kappa shape index (κ3) is 5.30. The van der Waals surface area contributed by atoms with E-state index in [1.54, 1.807) is 43.3 Å². The lowest BCUT2D eigenvalue weighted by Crippen LogP contribution is -2.15. The Kier molecular flexibility index (Phi) is 6.53. The number of sulfonamides is 1. The van der Waals surface area contributed by atoms with Crippen molar-refractivity contribution in [1.29, 1.82) is 0 Å². The summed E-state index contributed by atoms with van der Waals surface area (Å²) in [5.41, 5.74) is 1.88. The fourth-order valence-corrected chi connectivity index (χ4v) is 4.35. The van der Waals surface area contributed by atoms with Crippen LogP contribution >= 0.6 is 39.1 Å². The summed E-state index contributed by atoms with van der Waals surface area (Å²) in [7, 11) is -3.81.